The van der Waals surface area contributed by atoms with Crippen LogP contribution >= 0.6 is 0 Å². The number of nitrogens with one attached hydrogen (secondary N) is 1. The number of ether oxygens (including phenoxy) is 1. The van der Waals surface area contributed by atoms with Gasteiger partial charge in [-0.2, -0.15) is 0 Å². The molecule has 0 radical (unpaired) electrons. The highest BCUT2D eigenvalue weighted by atomic mass is 32.2. The topological polar surface area (TPSA) is 135 Å². The molecule has 0 atom stereocenters. The fourth-order valence-corrected chi connectivity index (χ4v) is 6.65. The molecule has 1 amide bonds. The van der Waals surface area contributed by atoms with E-state index in [2.05, 4.69) is 24.6 Å². The second-order valence-electron chi connectivity index (χ2n) is 10.9. The van der Waals surface area contributed by atoms with Gasteiger partial charge < -0.3 is 14.5 Å². The van der Waals surface area contributed by atoms with Crippen molar-refractivity contribution in [2.45, 2.75) is 11.8 Å². The number of likely N-dealkylation sites (tertiary alicyclic amines) is 1. The fraction of sp³-hybridized carbons (Fsp3) is 0.233. The Balaban J connectivity index is 1.24. The highest BCUT2D eigenvalue weighted by Gasteiger charge is 2.53. The molecule has 2 aliphatic rings. The zero-order chi connectivity index (χ0) is 31.2. The summed E-state index contributed by atoms with van der Waals surface area (Å²) in [4.78, 5) is 39.6. The third kappa shape index (κ3) is 5.43. The molecule has 0 unspecified atom stereocenters. The largest absolute Gasteiger partial charge is 0.480 e. The molecule has 14 heteroatoms. The Morgan fingerprint density at radius 3 is 2.45 bits per heavy atom. The number of sulfonamides is 1. The van der Waals surface area contributed by atoms with Crippen molar-refractivity contribution >= 4 is 44.1 Å². The van der Waals surface area contributed by atoms with Gasteiger partial charge in [0.15, 0.2) is 5.78 Å². The van der Waals surface area contributed by atoms with E-state index in [4.69, 9.17) is 4.74 Å². The molecular formula is C30H26F2N6O5S. The number of hydrogen-bond donors (Lipinski definition) is 1. The summed E-state index contributed by atoms with van der Waals surface area (Å²) in [6, 6.07) is 9.19. The van der Waals surface area contributed by atoms with Gasteiger partial charge in [-0.05, 0) is 48.9 Å². The van der Waals surface area contributed by atoms with Gasteiger partial charge in [-0.25, -0.2) is 32.2 Å². The monoisotopic (exact) mass is 620 g/mol. The normalized spacial score (nSPS) is 15.7. The molecule has 44 heavy (non-hydrogen) atoms. The van der Waals surface area contributed by atoms with Crippen molar-refractivity contribution < 1.29 is 31.5 Å². The molecule has 0 bridgehead atoms. The first-order chi connectivity index (χ1) is 21.0. The van der Waals surface area contributed by atoms with Crippen LogP contribution in [-0.2, 0) is 19.6 Å². The molecule has 4 heterocycles. The van der Waals surface area contributed by atoms with Crippen molar-refractivity contribution in [3.8, 4) is 17.0 Å². The number of methoxy groups -OCH3 is 1. The van der Waals surface area contributed by atoms with Crippen LogP contribution in [0.1, 0.15) is 6.92 Å². The summed E-state index contributed by atoms with van der Waals surface area (Å²) < 4.78 is 61.1. The molecule has 11 nitrogen and oxygen atoms in total. The minimum absolute atomic E-state index is 0.0368. The van der Waals surface area contributed by atoms with Crippen LogP contribution in [0.15, 0.2) is 72.0 Å². The first-order valence-electron chi connectivity index (χ1n) is 13.5. The Hall–Kier alpha value is -4.98. The molecule has 2 saturated heterocycles. The molecule has 1 N–H and O–H groups in total. The number of allylic oxidation sites excluding steroid dienone is 1. The van der Waals surface area contributed by atoms with Crippen LogP contribution in [0.25, 0.3) is 22.0 Å². The third-order valence-electron chi connectivity index (χ3n) is 7.60. The summed E-state index contributed by atoms with van der Waals surface area (Å²) in [5.74, 6) is -1.82. The number of pyridine rings is 1. The lowest BCUT2D eigenvalue weighted by molar-refractivity contribution is -0.139. The molecule has 2 aliphatic heterocycles. The average Bonchev–Trinajstić information content (AvgIpc) is 2.94. The number of halogens is 2. The Kier molecular flexibility index (Phi) is 7.24. The van der Waals surface area contributed by atoms with Gasteiger partial charge in [0.1, 0.15) is 34.4 Å². The minimum Gasteiger partial charge on any atom is -0.480 e. The summed E-state index contributed by atoms with van der Waals surface area (Å²) in [6.45, 7) is 3.97. The maximum absolute atomic E-state index is 14.3. The van der Waals surface area contributed by atoms with E-state index >= 15 is 0 Å². The van der Waals surface area contributed by atoms with E-state index in [1.807, 2.05) is 18.2 Å². The Morgan fingerprint density at radius 2 is 1.75 bits per heavy atom. The summed E-state index contributed by atoms with van der Waals surface area (Å²) in [5, 5.41) is 0.767. The van der Waals surface area contributed by atoms with Crippen LogP contribution < -0.4 is 14.4 Å². The summed E-state index contributed by atoms with van der Waals surface area (Å²) in [6.07, 6.45) is 5.57. The molecule has 226 valence electrons. The number of nitrogens with zero attached hydrogens (tertiary/aromatic N) is 5. The smallest absolute Gasteiger partial charge is 0.264 e. The predicted octanol–water partition coefficient (Wildman–Crippen LogP) is 3.57. The fourth-order valence-electron chi connectivity index (χ4n) is 5.54. The lowest BCUT2D eigenvalue weighted by Crippen LogP contribution is -2.73. The third-order valence-corrected chi connectivity index (χ3v) is 9.00. The standard InChI is InChI=1S/C30H26F2N6O5S/c1-18(39)3-8-27(40)37-13-30(14-37)15-38(16-30)28-22-9-19(4-6-24(22)34-17-35-28)20-10-25(29(43-2)33-12-20)36-44(41,42)26-7-5-21(31)11-23(26)32/h3-12,17,36H,13-16H2,1-2H3/b8-3+. The van der Waals surface area contributed by atoms with Crippen molar-refractivity contribution in [3.63, 3.8) is 0 Å². The zero-order valence-electron chi connectivity index (χ0n) is 23.6. The highest BCUT2D eigenvalue weighted by molar-refractivity contribution is 7.92. The van der Waals surface area contributed by atoms with E-state index in [1.165, 1.54) is 44.8 Å². The quantitative estimate of drug-likeness (QED) is 0.294. The number of anilines is 2. The maximum atomic E-state index is 14.3. The molecule has 1 spiro atoms. The lowest BCUT2D eigenvalue weighted by atomic mass is 9.72. The number of aromatic nitrogens is 3. The number of fused-ring (bicyclic) bond motifs is 1. The molecule has 0 saturated carbocycles. The number of benzene rings is 2. The van der Waals surface area contributed by atoms with Crippen LogP contribution in [0.5, 0.6) is 5.88 Å². The van der Waals surface area contributed by atoms with Gasteiger partial charge in [0.25, 0.3) is 10.0 Å². The van der Waals surface area contributed by atoms with Crippen LogP contribution in [0.3, 0.4) is 0 Å². The molecule has 0 aliphatic carbocycles. The van der Waals surface area contributed by atoms with Gasteiger partial charge in [0, 0.05) is 60.9 Å². The Bertz CT molecular complexity index is 1960. The van der Waals surface area contributed by atoms with Crippen molar-refractivity contribution in [1.82, 2.24) is 19.9 Å². The van der Waals surface area contributed by atoms with E-state index in [1.54, 1.807) is 4.90 Å². The van der Waals surface area contributed by atoms with Gasteiger partial charge in [-0.3, -0.25) is 14.3 Å². The maximum Gasteiger partial charge on any atom is 0.264 e. The van der Waals surface area contributed by atoms with Crippen molar-refractivity contribution in [1.29, 1.82) is 0 Å². The SMILES string of the molecule is COc1ncc(-c2ccc3ncnc(N4CC5(CN(C(=O)/C=C/C(C)=O)C5)C4)c3c2)cc1NS(=O)(=O)c1ccc(F)cc1F. The number of carbonyl (C=O) groups excluding carboxylic acids is 2. The van der Waals surface area contributed by atoms with Crippen molar-refractivity contribution in [2.24, 2.45) is 5.41 Å². The van der Waals surface area contributed by atoms with Gasteiger partial charge in [-0.15, -0.1) is 0 Å². The Labute approximate surface area is 251 Å². The number of rotatable bonds is 8. The van der Waals surface area contributed by atoms with E-state index in [0.717, 1.165) is 23.3 Å². The highest BCUT2D eigenvalue weighted by Crippen LogP contribution is 2.43. The van der Waals surface area contributed by atoms with Crippen molar-refractivity contribution in [3.05, 3.63) is 78.8 Å². The van der Waals surface area contributed by atoms with Gasteiger partial charge in [0.05, 0.1) is 12.6 Å². The van der Waals surface area contributed by atoms with E-state index < -0.39 is 26.6 Å². The van der Waals surface area contributed by atoms with Crippen LogP contribution in [0.2, 0.25) is 0 Å². The van der Waals surface area contributed by atoms with Gasteiger partial charge in [0.2, 0.25) is 11.8 Å². The number of hydrogen-bond acceptors (Lipinski definition) is 9. The van der Waals surface area contributed by atoms with Gasteiger partial charge >= 0.3 is 0 Å². The number of amides is 1. The summed E-state index contributed by atoms with van der Waals surface area (Å²) >= 11 is 0. The molecular weight excluding hydrogens is 594 g/mol. The summed E-state index contributed by atoms with van der Waals surface area (Å²) in [5.41, 5.74) is 1.85. The van der Waals surface area contributed by atoms with Crippen LogP contribution in [0, 0.1) is 17.0 Å². The molecule has 2 aromatic heterocycles. The lowest BCUT2D eigenvalue weighted by Gasteiger charge is -2.60. The molecule has 4 aromatic rings. The molecule has 2 fully saturated rings. The minimum atomic E-state index is -4.45. The van der Waals surface area contributed by atoms with Crippen LogP contribution in [0.4, 0.5) is 20.3 Å². The molecule has 6 rings (SSSR count). The Morgan fingerprint density at radius 1 is 0.977 bits per heavy atom. The second kappa shape index (κ2) is 10.9. The van der Waals surface area contributed by atoms with E-state index in [0.29, 0.717) is 48.9 Å². The summed E-state index contributed by atoms with van der Waals surface area (Å²) in [7, 11) is -3.13. The van der Waals surface area contributed by atoms with Crippen molar-refractivity contribution in [2.75, 3.05) is 42.9 Å². The van der Waals surface area contributed by atoms with Crippen LogP contribution in [-0.4, -0.2) is 73.2 Å². The van der Waals surface area contributed by atoms with Gasteiger partial charge in [-0.1, -0.05) is 6.07 Å². The predicted molar refractivity (Wildman–Crippen MR) is 158 cm³/mol. The first-order valence-corrected chi connectivity index (χ1v) is 14.9. The van der Waals surface area contributed by atoms with E-state index in [9.17, 15) is 26.8 Å². The zero-order valence-corrected chi connectivity index (χ0v) is 24.4. The second-order valence-corrected chi connectivity index (χ2v) is 12.5. The average molecular weight is 621 g/mol. The molecule has 2 aromatic carbocycles. The number of carbonyl (C=O) groups is 2. The first kappa shape index (κ1) is 29.1. The number of ketones is 1. The van der Waals surface area contributed by atoms with E-state index in [-0.39, 0.29) is 28.7 Å².